The first kappa shape index (κ1) is 23.8. The lowest BCUT2D eigenvalue weighted by atomic mass is 10.1. The van der Waals surface area contributed by atoms with Crippen LogP contribution >= 0.6 is 11.8 Å². The number of nitrogens with zero attached hydrogens (tertiary/aromatic N) is 5. The molecule has 0 spiro atoms. The quantitative estimate of drug-likeness (QED) is 0.502. The largest absolute Gasteiger partial charge is 0.368 e. The lowest BCUT2D eigenvalue weighted by molar-refractivity contribution is -0.131. The number of carbonyl (C=O) groups is 2. The normalized spacial score (nSPS) is 13.7. The van der Waals surface area contributed by atoms with Crippen molar-refractivity contribution in [1.29, 1.82) is 0 Å². The number of nitrogens with one attached hydrogen (secondary N) is 1. The monoisotopic (exact) mass is 478 g/mol. The van der Waals surface area contributed by atoms with E-state index in [1.807, 2.05) is 33.7 Å². The molecule has 0 radical (unpaired) electrons. The second-order valence-corrected chi connectivity index (χ2v) is 9.29. The summed E-state index contributed by atoms with van der Waals surface area (Å²) in [5.41, 5.74) is 4.56. The second-order valence-electron chi connectivity index (χ2n) is 8.34. The molecule has 1 N–H and O–H groups in total. The molecule has 2 amide bonds. The molecular weight excluding hydrogens is 448 g/mol. The van der Waals surface area contributed by atoms with E-state index in [0.717, 1.165) is 18.8 Å². The third kappa shape index (κ3) is 5.96. The number of carbonyl (C=O) groups excluding carboxylic acids is 2. The van der Waals surface area contributed by atoms with Gasteiger partial charge in [0.1, 0.15) is 6.33 Å². The Kier molecular flexibility index (Phi) is 7.84. The van der Waals surface area contributed by atoms with Crippen LogP contribution in [0.25, 0.3) is 5.69 Å². The van der Waals surface area contributed by atoms with Crippen LogP contribution < -0.4 is 10.2 Å². The van der Waals surface area contributed by atoms with Crippen molar-refractivity contribution in [1.82, 2.24) is 25.0 Å². The first-order valence-corrected chi connectivity index (χ1v) is 12.4. The van der Waals surface area contributed by atoms with Gasteiger partial charge in [0.2, 0.25) is 11.8 Å². The van der Waals surface area contributed by atoms with E-state index in [1.54, 1.807) is 6.33 Å². The molecular formula is C25H30N6O2S. The summed E-state index contributed by atoms with van der Waals surface area (Å²) < 4.78 is 1.88. The number of piperazine rings is 1. The van der Waals surface area contributed by atoms with Gasteiger partial charge in [0.25, 0.3) is 0 Å². The van der Waals surface area contributed by atoms with E-state index >= 15 is 0 Å². The number of hydrogen-bond donors (Lipinski definition) is 1. The first-order chi connectivity index (χ1) is 16.5. The molecule has 2 heterocycles. The van der Waals surface area contributed by atoms with Crippen molar-refractivity contribution in [2.45, 2.75) is 25.4 Å². The Morgan fingerprint density at radius 1 is 0.971 bits per heavy atom. The van der Waals surface area contributed by atoms with E-state index in [9.17, 15) is 9.59 Å². The van der Waals surface area contributed by atoms with Crippen molar-refractivity contribution in [3.8, 4) is 5.69 Å². The van der Waals surface area contributed by atoms with Gasteiger partial charge in [0.05, 0.1) is 5.75 Å². The van der Waals surface area contributed by atoms with Gasteiger partial charge >= 0.3 is 0 Å². The molecule has 34 heavy (non-hydrogen) atoms. The standard InChI is InChI=1S/C25H30N6O2S/c1-19-8-9-22(16-20(19)2)31-18-27-28-25(31)34-17-23(32)26-11-10-24(33)30-14-12-29(13-15-30)21-6-4-3-5-7-21/h3-9,16,18H,10-15,17H2,1-2H3,(H,26,32). The zero-order valence-corrected chi connectivity index (χ0v) is 20.4. The number of rotatable bonds is 8. The molecule has 4 rings (SSSR count). The van der Waals surface area contributed by atoms with Crippen LogP contribution in [0.4, 0.5) is 5.69 Å². The Morgan fingerprint density at radius 3 is 2.47 bits per heavy atom. The van der Waals surface area contributed by atoms with Crippen LogP contribution in [-0.4, -0.2) is 70.0 Å². The minimum Gasteiger partial charge on any atom is -0.368 e. The van der Waals surface area contributed by atoms with Crippen molar-refractivity contribution in [2.75, 3.05) is 43.4 Å². The molecule has 0 atom stereocenters. The van der Waals surface area contributed by atoms with E-state index in [4.69, 9.17) is 0 Å². The number of para-hydroxylation sites is 1. The zero-order chi connectivity index (χ0) is 23.9. The van der Waals surface area contributed by atoms with Gasteiger partial charge in [0, 0.05) is 50.5 Å². The number of thioether (sulfide) groups is 1. The fraction of sp³-hybridized carbons (Fsp3) is 0.360. The maximum Gasteiger partial charge on any atom is 0.230 e. The van der Waals surface area contributed by atoms with Crippen LogP contribution in [0.2, 0.25) is 0 Å². The highest BCUT2D eigenvalue weighted by atomic mass is 32.2. The van der Waals surface area contributed by atoms with Gasteiger partial charge in [-0.2, -0.15) is 0 Å². The first-order valence-electron chi connectivity index (χ1n) is 11.5. The van der Waals surface area contributed by atoms with E-state index < -0.39 is 0 Å². The van der Waals surface area contributed by atoms with Crippen LogP contribution in [0.15, 0.2) is 60.0 Å². The highest BCUT2D eigenvalue weighted by Crippen LogP contribution is 2.21. The molecule has 0 bridgehead atoms. The average molecular weight is 479 g/mol. The molecule has 0 unspecified atom stereocenters. The van der Waals surface area contributed by atoms with E-state index in [2.05, 4.69) is 58.5 Å². The third-order valence-electron chi connectivity index (χ3n) is 6.03. The molecule has 1 fully saturated rings. The van der Waals surface area contributed by atoms with Gasteiger partial charge < -0.3 is 15.1 Å². The van der Waals surface area contributed by atoms with Crippen molar-refractivity contribution in [2.24, 2.45) is 0 Å². The molecule has 3 aromatic rings. The summed E-state index contributed by atoms with van der Waals surface area (Å²) in [6, 6.07) is 16.4. The minimum absolute atomic E-state index is 0.0788. The van der Waals surface area contributed by atoms with E-state index in [0.29, 0.717) is 31.2 Å². The number of hydrogen-bond acceptors (Lipinski definition) is 6. The molecule has 0 aliphatic carbocycles. The molecule has 9 heteroatoms. The maximum atomic E-state index is 12.5. The minimum atomic E-state index is -0.124. The van der Waals surface area contributed by atoms with Crippen LogP contribution in [-0.2, 0) is 9.59 Å². The summed E-state index contributed by atoms with van der Waals surface area (Å²) in [5, 5.41) is 11.7. The molecule has 1 saturated heterocycles. The van der Waals surface area contributed by atoms with Crippen LogP contribution in [0.3, 0.4) is 0 Å². The maximum absolute atomic E-state index is 12.5. The Labute approximate surface area is 204 Å². The van der Waals surface area contributed by atoms with Gasteiger partial charge in [-0.05, 0) is 49.2 Å². The van der Waals surface area contributed by atoms with E-state index in [1.165, 1.54) is 28.6 Å². The molecule has 1 aliphatic heterocycles. The summed E-state index contributed by atoms with van der Waals surface area (Å²) in [4.78, 5) is 29.0. The summed E-state index contributed by atoms with van der Waals surface area (Å²) in [6.07, 6.45) is 1.96. The Balaban J connectivity index is 1.18. The SMILES string of the molecule is Cc1ccc(-n2cnnc2SCC(=O)NCCC(=O)N2CCN(c3ccccc3)CC2)cc1C. The number of anilines is 1. The number of aryl methyl sites for hydroxylation is 2. The number of amides is 2. The third-order valence-corrected chi connectivity index (χ3v) is 6.98. The topological polar surface area (TPSA) is 83.4 Å². The highest BCUT2D eigenvalue weighted by Gasteiger charge is 2.21. The molecule has 1 aliphatic rings. The Hall–Kier alpha value is -3.33. The highest BCUT2D eigenvalue weighted by molar-refractivity contribution is 7.99. The zero-order valence-electron chi connectivity index (χ0n) is 19.6. The van der Waals surface area contributed by atoms with Gasteiger partial charge in [0.15, 0.2) is 5.16 Å². The predicted octanol–water partition coefficient (Wildman–Crippen LogP) is 2.83. The molecule has 2 aromatic carbocycles. The van der Waals surface area contributed by atoms with Crippen molar-refractivity contribution in [3.05, 3.63) is 66.0 Å². The Morgan fingerprint density at radius 2 is 1.74 bits per heavy atom. The molecule has 178 valence electrons. The van der Waals surface area contributed by atoms with Crippen molar-refractivity contribution >= 4 is 29.3 Å². The van der Waals surface area contributed by atoms with Gasteiger partial charge in [-0.25, -0.2) is 0 Å². The van der Waals surface area contributed by atoms with Gasteiger partial charge in [-0.3, -0.25) is 14.2 Å². The predicted molar refractivity (Wildman–Crippen MR) is 134 cm³/mol. The van der Waals surface area contributed by atoms with Gasteiger partial charge in [-0.15, -0.1) is 10.2 Å². The number of benzene rings is 2. The van der Waals surface area contributed by atoms with Crippen LogP contribution in [0, 0.1) is 13.8 Å². The lowest BCUT2D eigenvalue weighted by Gasteiger charge is -2.36. The lowest BCUT2D eigenvalue weighted by Crippen LogP contribution is -2.49. The van der Waals surface area contributed by atoms with Crippen molar-refractivity contribution < 1.29 is 9.59 Å². The fourth-order valence-electron chi connectivity index (χ4n) is 3.88. The summed E-state index contributed by atoms with van der Waals surface area (Å²) in [5.74, 6) is 0.171. The van der Waals surface area contributed by atoms with Crippen molar-refractivity contribution in [3.63, 3.8) is 0 Å². The second kappa shape index (κ2) is 11.2. The van der Waals surface area contributed by atoms with Gasteiger partial charge in [-0.1, -0.05) is 36.0 Å². The van der Waals surface area contributed by atoms with Crippen LogP contribution in [0.1, 0.15) is 17.5 Å². The average Bonchev–Trinajstić information content (AvgIpc) is 3.34. The molecule has 8 nitrogen and oxygen atoms in total. The van der Waals surface area contributed by atoms with E-state index in [-0.39, 0.29) is 17.6 Å². The fourth-order valence-corrected chi connectivity index (χ4v) is 4.64. The number of aromatic nitrogens is 3. The Bertz CT molecular complexity index is 1130. The molecule has 1 aromatic heterocycles. The summed E-state index contributed by atoms with van der Waals surface area (Å²) in [6.45, 7) is 7.51. The molecule has 0 saturated carbocycles. The summed E-state index contributed by atoms with van der Waals surface area (Å²) >= 11 is 1.33. The smallest absolute Gasteiger partial charge is 0.230 e. The summed E-state index contributed by atoms with van der Waals surface area (Å²) in [7, 11) is 0. The van der Waals surface area contributed by atoms with Crippen LogP contribution in [0.5, 0.6) is 0 Å².